The molecule has 0 atom stereocenters. The standard InChI is InChI=1S/C18H18F3N5O2S/c1-4-12-11(3)23-17(26-15(22)9-10(2)25-26)24-16(12)28-29-14-8-6-5-7-13(14)27-18(19,20)21/h5-9H,4,22H2,1-3H3. The Labute approximate surface area is 169 Å². The van der Waals surface area contributed by atoms with Crippen LogP contribution in [0.2, 0.25) is 0 Å². The molecule has 0 aliphatic heterocycles. The summed E-state index contributed by atoms with van der Waals surface area (Å²) >= 11 is 0.716. The zero-order valence-electron chi connectivity index (χ0n) is 15.8. The van der Waals surface area contributed by atoms with E-state index in [1.807, 2.05) is 6.92 Å². The maximum absolute atomic E-state index is 12.6. The maximum Gasteiger partial charge on any atom is 0.573 e. The molecule has 0 bridgehead atoms. The minimum absolute atomic E-state index is 0.152. The van der Waals surface area contributed by atoms with Crippen molar-refractivity contribution in [3.63, 3.8) is 0 Å². The quantitative estimate of drug-likeness (QED) is 0.585. The molecule has 0 radical (unpaired) electrons. The van der Waals surface area contributed by atoms with Crippen LogP contribution in [0.1, 0.15) is 23.9 Å². The molecule has 1 aromatic carbocycles. The number of ether oxygens (including phenoxy) is 1. The monoisotopic (exact) mass is 425 g/mol. The number of hydrogen-bond donors (Lipinski definition) is 1. The number of nitrogens with zero attached hydrogens (tertiary/aromatic N) is 4. The highest BCUT2D eigenvalue weighted by Crippen LogP contribution is 2.35. The van der Waals surface area contributed by atoms with E-state index in [0.717, 1.165) is 5.56 Å². The third kappa shape index (κ3) is 4.91. The average molecular weight is 425 g/mol. The van der Waals surface area contributed by atoms with Crippen LogP contribution in [-0.2, 0) is 6.42 Å². The van der Waals surface area contributed by atoms with E-state index in [-0.39, 0.29) is 22.5 Å². The van der Waals surface area contributed by atoms with Crippen molar-refractivity contribution in [1.29, 1.82) is 0 Å². The summed E-state index contributed by atoms with van der Waals surface area (Å²) in [7, 11) is 0. The molecule has 0 saturated heterocycles. The third-order valence-corrected chi connectivity index (χ3v) is 4.61. The van der Waals surface area contributed by atoms with Gasteiger partial charge in [-0.2, -0.15) is 14.8 Å². The smallest absolute Gasteiger partial charge is 0.404 e. The first-order valence-corrected chi connectivity index (χ1v) is 9.31. The number of para-hydroxylation sites is 1. The number of anilines is 1. The van der Waals surface area contributed by atoms with Gasteiger partial charge in [-0.1, -0.05) is 19.1 Å². The topological polar surface area (TPSA) is 88.1 Å². The highest BCUT2D eigenvalue weighted by atomic mass is 32.2. The van der Waals surface area contributed by atoms with Crippen LogP contribution in [0.3, 0.4) is 0 Å². The predicted molar refractivity (Wildman–Crippen MR) is 102 cm³/mol. The second-order valence-electron chi connectivity index (χ2n) is 6.03. The first kappa shape index (κ1) is 20.8. The molecule has 2 aromatic heterocycles. The van der Waals surface area contributed by atoms with Gasteiger partial charge < -0.3 is 14.7 Å². The number of halogens is 3. The Bertz CT molecular complexity index is 1020. The molecule has 0 aliphatic carbocycles. The second kappa shape index (κ2) is 8.19. The van der Waals surface area contributed by atoms with Crippen LogP contribution in [0.25, 0.3) is 5.95 Å². The van der Waals surface area contributed by atoms with Crippen molar-refractivity contribution in [2.75, 3.05) is 5.73 Å². The minimum Gasteiger partial charge on any atom is -0.404 e. The van der Waals surface area contributed by atoms with Crippen LogP contribution < -0.4 is 14.7 Å². The summed E-state index contributed by atoms with van der Waals surface area (Å²) in [5, 5.41) is 4.25. The molecule has 0 spiro atoms. The third-order valence-electron chi connectivity index (χ3n) is 3.85. The van der Waals surface area contributed by atoms with E-state index in [1.165, 1.54) is 22.9 Å². The highest BCUT2D eigenvalue weighted by Gasteiger charge is 2.32. The van der Waals surface area contributed by atoms with E-state index in [9.17, 15) is 13.2 Å². The van der Waals surface area contributed by atoms with Crippen LogP contribution in [0.5, 0.6) is 11.6 Å². The molecule has 0 aliphatic rings. The molecule has 2 N–H and O–H groups in total. The molecule has 0 saturated carbocycles. The Hall–Kier alpha value is -2.95. The number of benzene rings is 1. The highest BCUT2D eigenvalue weighted by molar-refractivity contribution is 7.95. The van der Waals surface area contributed by atoms with Crippen molar-refractivity contribution in [2.24, 2.45) is 0 Å². The van der Waals surface area contributed by atoms with Gasteiger partial charge in [0.05, 0.1) is 22.6 Å². The fourth-order valence-electron chi connectivity index (χ4n) is 2.62. The van der Waals surface area contributed by atoms with Gasteiger partial charge in [-0.25, -0.2) is 4.98 Å². The summed E-state index contributed by atoms with van der Waals surface area (Å²) in [5.41, 5.74) is 8.01. The van der Waals surface area contributed by atoms with E-state index in [2.05, 4.69) is 19.8 Å². The van der Waals surface area contributed by atoms with Gasteiger partial charge >= 0.3 is 6.36 Å². The van der Waals surface area contributed by atoms with Crippen LogP contribution in [0.4, 0.5) is 19.0 Å². The Kier molecular flexibility index (Phi) is 5.87. The summed E-state index contributed by atoms with van der Waals surface area (Å²) in [5.74, 6) is 0.421. The second-order valence-corrected chi connectivity index (χ2v) is 6.80. The van der Waals surface area contributed by atoms with Gasteiger partial charge in [0.2, 0.25) is 5.88 Å². The summed E-state index contributed by atoms with van der Waals surface area (Å²) in [4.78, 5) is 8.94. The Balaban J connectivity index is 1.92. The summed E-state index contributed by atoms with van der Waals surface area (Å²) in [6.45, 7) is 5.47. The molecule has 3 aromatic rings. The molecule has 154 valence electrons. The fourth-order valence-corrected chi connectivity index (χ4v) is 3.25. The molecule has 11 heteroatoms. The number of alkyl halides is 3. The van der Waals surface area contributed by atoms with E-state index in [0.29, 0.717) is 35.7 Å². The predicted octanol–water partition coefficient (Wildman–Crippen LogP) is 4.41. The molecular formula is C18H18F3N5O2S. The van der Waals surface area contributed by atoms with Crippen LogP contribution in [0, 0.1) is 13.8 Å². The molecule has 2 heterocycles. The number of aromatic nitrogens is 4. The number of hydrogen-bond acceptors (Lipinski definition) is 7. The number of aryl methyl sites for hydroxylation is 2. The molecular weight excluding hydrogens is 407 g/mol. The van der Waals surface area contributed by atoms with Gasteiger partial charge in [0.15, 0.2) is 0 Å². The van der Waals surface area contributed by atoms with Gasteiger partial charge in [-0.15, -0.1) is 13.2 Å². The fraction of sp³-hybridized carbons (Fsp3) is 0.278. The summed E-state index contributed by atoms with van der Waals surface area (Å²) in [6, 6.07) is 7.37. The summed E-state index contributed by atoms with van der Waals surface area (Å²) < 4.78 is 49.0. The first-order chi connectivity index (χ1) is 13.7. The van der Waals surface area contributed by atoms with E-state index >= 15 is 0 Å². The van der Waals surface area contributed by atoms with Crippen LogP contribution in [0.15, 0.2) is 35.2 Å². The van der Waals surface area contributed by atoms with Crippen molar-refractivity contribution < 1.29 is 22.1 Å². The Morgan fingerprint density at radius 1 is 1.17 bits per heavy atom. The lowest BCUT2D eigenvalue weighted by Crippen LogP contribution is -2.17. The van der Waals surface area contributed by atoms with Gasteiger partial charge in [0.25, 0.3) is 5.95 Å². The van der Waals surface area contributed by atoms with Gasteiger partial charge in [-0.3, -0.25) is 0 Å². The zero-order valence-corrected chi connectivity index (χ0v) is 16.6. The Morgan fingerprint density at radius 2 is 1.90 bits per heavy atom. The van der Waals surface area contributed by atoms with Gasteiger partial charge in [0.1, 0.15) is 11.6 Å². The van der Waals surface area contributed by atoms with Crippen molar-refractivity contribution in [3.8, 4) is 17.6 Å². The van der Waals surface area contributed by atoms with Crippen molar-refractivity contribution in [2.45, 2.75) is 38.4 Å². The van der Waals surface area contributed by atoms with E-state index in [1.54, 1.807) is 26.0 Å². The maximum atomic E-state index is 12.6. The van der Waals surface area contributed by atoms with Gasteiger partial charge in [-0.05, 0) is 32.4 Å². The van der Waals surface area contributed by atoms with Crippen molar-refractivity contribution in [3.05, 3.63) is 47.3 Å². The largest absolute Gasteiger partial charge is 0.573 e. The molecule has 3 rings (SSSR count). The van der Waals surface area contributed by atoms with Crippen molar-refractivity contribution >= 4 is 17.9 Å². The first-order valence-electron chi connectivity index (χ1n) is 8.57. The van der Waals surface area contributed by atoms with E-state index < -0.39 is 6.36 Å². The van der Waals surface area contributed by atoms with Crippen LogP contribution >= 0.6 is 12.0 Å². The average Bonchev–Trinajstić information content (AvgIpc) is 2.97. The number of nitrogens with two attached hydrogens (primary N) is 1. The lowest BCUT2D eigenvalue weighted by Gasteiger charge is -2.14. The zero-order chi connectivity index (χ0) is 21.2. The molecule has 0 amide bonds. The molecule has 7 nitrogen and oxygen atoms in total. The number of nitrogen functional groups attached to an aromatic ring is 1. The lowest BCUT2D eigenvalue weighted by atomic mass is 10.2. The minimum atomic E-state index is -4.81. The summed E-state index contributed by atoms with van der Waals surface area (Å²) in [6.07, 6.45) is -4.24. The van der Waals surface area contributed by atoms with E-state index in [4.69, 9.17) is 9.92 Å². The molecule has 0 unspecified atom stereocenters. The molecule has 29 heavy (non-hydrogen) atoms. The number of rotatable bonds is 6. The molecule has 0 fully saturated rings. The van der Waals surface area contributed by atoms with Crippen LogP contribution in [-0.4, -0.2) is 26.1 Å². The lowest BCUT2D eigenvalue weighted by molar-refractivity contribution is -0.275. The van der Waals surface area contributed by atoms with Gasteiger partial charge in [0, 0.05) is 17.3 Å². The van der Waals surface area contributed by atoms with Crippen molar-refractivity contribution in [1.82, 2.24) is 19.7 Å². The normalized spacial score (nSPS) is 11.5. The SMILES string of the molecule is CCc1c(C)nc(-n2nc(C)cc2N)nc1OSc1ccccc1OC(F)(F)F. The Morgan fingerprint density at radius 3 is 2.52 bits per heavy atom.